The molecule has 206 valence electrons. The van der Waals surface area contributed by atoms with Gasteiger partial charge >= 0.3 is 18.2 Å². The number of hydrogen-bond acceptors (Lipinski definition) is 9. The van der Waals surface area contributed by atoms with E-state index in [9.17, 15) is 29.1 Å². The molecule has 0 aromatic heterocycles. The van der Waals surface area contributed by atoms with Crippen molar-refractivity contribution in [3.8, 4) is 0 Å². The van der Waals surface area contributed by atoms with Gasteiger partial charge in [0.15, 0.2) is 6.10 Å². The normalized spacial score (nSPS) is 15.1. The Morgan fingerprint density at radius 2 is 1.61 bits per heavy atom. The number of carbonyl (C=O) groups is 5. The van der Waals surface area contributed by atoms with Crippen LogP contribution in [0.4, 0.5) is 9.59 Å². The lowest BCUT2D eigenvalue weighted by Crippen LogP contribution is -2.59. The molecule has 0 rings (SSSR count). The van der Waals surface area contributed by atoms with Crippen molar-refractivity contribution < 1.29 is 43.3 Å². The Balaban J connectivity index is 5.41. The Labute approximate surface area is 211 Å². The van der Waals surface area contributed by atoms with Crippen LogP contribution in [-0.2, 0) is 28.6 Å². The zero-order chi connectivity index (χ0) is 28.1. The van der Waals surface area contributed by atoms with Crippen LogP contribution in [0.5, 0.6) is 0 Å². The van der Waals surface area contributed by atoms with Gasteiger partial charge in [-0.3, -0.25) is 9.59 Å². The van der Waals surface area contributed by atoms with Gasteiger partial charge in [-0.1, -0.05) is 32.9 Å². The molecule has 0 spiro atoms. The largest absolute Gasteiger partial charge is 0.467 e. The molecular weight excluding hydrogens is 476 g/mol. The van der Waals surface area contributed by atoms with Crippen molar-refractivity contribution in [2.75, 3.05) is 20.3 Å². The lowest BCUT2D eigenvalue weighted by molar-refractivity contribution is -0.153. The van der Waals surface area contributed by atoms with Gasteiger partial charge in [0, 0.05) is 0 Å². The number of nitrogens with one attached hydrogen (secondary N) is 4. The Kier molecular flexibility index (Phi) is 14.2. The number of rotatable bonds is 13. The van der Waals surface area contributed by atoms with Crippen LogP contribution in [0.25, 0.3) is 0 Å². The third-order valence-corrected chi connectivity index (χ3v) is 4.89. The average Bonchev–Trinajstić information content (AvgIpc) is 2.80. The van der Waals surface area contributed by atoms with E-state index in [0.29, 0.717) is 6.42 Å². The zero-order valence-corrected chi connectivity index (χ0v) is 22.0. The molecule has 0 saturated heterocycles. The molecule has 4 amide bonds. The summed E-state index contributed by atoms with van der Waals surface area (Å²) in [5, 5.41) is 19.9. The van der Waals surface area contributed by atoms with Gasteiger partial charge in [-0.15, -0.1) is 0 Å². The van der Waals surface area contributed by atoms with E-state index in [1.165, 1.54) is 13.0 Å². The van der Waals surface area contributed by atoms with Crippen molar-refractivity contribution >= 4 is 30.0 Å². The van der Waals surface area contributed by atoms with Gasteiger partial charge in [0.25, 0.3) is 0 Å². The van der Waals surface area contributed by atoms with Gasteiger partial charge in [-0.05, 0) is 33.6 Å². The lowest BCUT2D eigenvalue weighted by atomic mass is 9.94. The molecule has 5 atom stereocenters. The van der Waals surface area contributed by atoms with Crippen molar-refractivity contribution in [3.05, 3.63) is 12.7 Å². The van der Waals surface area contributed by atoms with E-state index in [-0.39, 0.29) is 19.1 Å². The van der Waals surface area contributed by atoms with Crippen molar-refractivity contribution in [1.82, 2.24) is 21.3 Å². The summed E-state index contributed by atoms with van der Waals surface area (Å²) in [4.78, 5) is 61.3. The van der Waals surface area contributed by atoms with Crippen LogP contribution in [0.3, 0.4) is 0 Å². The Bertz CT molecular complexity index is 782. The molecule has 0 radical (unpaired) electrons. The zero-order valence-electron chi connectivity index (χ0n) is 22.0. The predicted molar refractivity (Wildman–Crippen MR) is 130 cm³/mol. The van der Waals surface area contributed by atoms with Gasteiger partial charge in [0.1, 0.15) is 24.3 Å². The fourth-order valence-corrected chi connectivity index (χ4v) is 2.75. The molecule has 13 nitrogen and oxygen atoms in total. The third-order valence-electron chi connectivity index (χ3n) is 4.89. The van der Waals surface area contributed by atoms with Gasteiger partial charge in [-0.25, -0.2) is 14.4 Å². The second kappa shape index (κ2) is 15.6. The SMILES string of the molecule is C=CCOC(=O)NC[C@H](NC(=O)OC(C)(C)C)C(=O)N[C@@H](C)C(=O)N[C@H](C(O)C(=O)OC)[C@@H](C)CC. The molecule has 36 heavy (non-hydrogen) atoms. The van der Waals surface area contributed by atoms with Crippen LogP contribution in [0.1, 0.15) is 48.0 Å². The van der Waals surface area contributed by atoms with E-state index in [2.05, 4.69) is 32.6 Å². The molecule has 0 aliphatic heterocycles. The highest BCUT2D eigenvalue weighted by Gasteiger charge is 2.34. The van der Waals surface area contributed by atoms with Crippen LogP contribution in [0, 0.1) is 5.92 Å². The van der Waals surface area contributed by atoms with E-state index in [1.807, 2.05) is 6.92 Å². The number of esters is 1. The summed E-state index contributed by atoms with van der Waals surface area (Å²) < 4.78 is 14.5. The van der Waals surface area contributed by atoms with E-state index < -0.39 is 59.8 Å². The molecule has 13 heteroatoms. The van der Waals surface area contributed by atoms with Crippen molar-refractivity contribution in [2.45, 2.75) is 77.8 Å². The molecule has 0 fully saturated rings. The average molecular weight is 517 g/mol. The molecule has 0 heterocycles. The molecule has 0 saturated carbocycles. The van der Waals surface area contributed by atoms with Crippen LogP contribution >= 0.6 is 0 Å². The first-order chi connectivity index (χ1) is 16.7. The molecular formula is C23H40N4O9. The molecule has 1 unspecified atom stereocenters. The number of aliphatic hydroxyl groups is 1. The monoisotopic (exact) mass is 516 g/mol. The minimum Gasteiger partial charge on any atom is -0.467 e. The molecule has 5 N–H and O–H groups in total. The lowest BCUT2D eigenvalue weighted by Gasteiger charge is -2.29. The number of aliphatic hydroxyl groups excluding tert-OH is 1. The highest BCUT2D eigenvalue weighted by molar-refractivity contribution is 5.92. The summed E-state index contributed by atoms with van der Waals surface area (Å²) in [6.45, 7) is 12.8. The highest BCUT2D eigenvalue weighted by Crippen LogP contribution is 2.13. The summed E-state index contributed by atoms with van der Waals surface area (Å²) >= 11 is 0. The summed E-state index contributed by atoms with van der Waals surface area (Å²) in [6.07, 6.45) is -1.48. The first-order valence-electron chi connectivity index (χ1n) is 11.5. The highest BCUT2D eigenvalue weighted by atomic mass is 16.6. The van der Waals surface area contributed by atoms with Crippen molar-refractivity contribution in [3.63, 3.8) is 0 Å². The molecule has 0 aliphatic carbocycles. The first kappa shape index (κ1) is 32.7. The minimum atomic E-state index is -1.61. The molecule has 0 bridgehead atoms. The van der Waals surface area contributed by atoms with Crippen LogP contribution in [-0.4, -0.2) is 85.2 Å². The third kappa shape index (κ3) is 12.4. The fraction of sp³-hybridized carbons (Fsp3) is 0.696. The van der Waals surface area contributed by atoms with Gasteiger partial charge < -0.3 is 40.6 Å². The summed E-state index contributed by atoms with van der Waals surface area (Å²) in [5.74, 6) is -2.70. The van der Waals surface area contributed by atoms with E-state index in [1.54, 1.807) is 27.7 Å². The van der Waals surface area contributed by atoms with Gasteiger partial charge in [0.2, 0.25) is 11.8 Å². The maximum atomic E-state index is 12.9. The molecule has 0 aromatic carbocycles. The van der Waals surface area contributed by atoms with Crippen LogP contribution in [0.15, 0.2) is 12.7 Å². The molecule has 0 aliphatic rings. The summed E-state index contributed by atoms with van der Waals surface area (Å²) in [6, 6.07) is -3.42. The topological polar surface area (TPSA) is 181 Å². The Morgan fingerprint density at radius 3 is 2.11 bits per heavy atom. The maximum Gasteiger partial charge on any atom is 0.408 e. The summed E-state index contributed by atoms with van der Waals surface area (Å²) in [7, 11) is 1.11. The van der Waals surface area contributed by atoms with E-state index in [0.717, 1.165) is 7.11 Å². The number of hydrogen-bond donors (Lipinski definition) is 5. The van der Waals surface area contributed by atoms with E-state index in [4.69, 9.17) is 9.47 Å². The van der Waals surface area contributed by atoms with Crippen molar-refractivity contribution in [2.24, 2.45) is 5.92 Å². The van der Waals surface area contributed by atoms with E-state index >= 15 is 0 Å². The first-order valence-corrected chi connectivity index (χ1v) is 11.5. The second-order valence-electron chi connectivity index (χ2n) is 9.09. The maximum absolute atomic E-state index is 12.9. The quantitative estimate of drug-likeness (QED) is 0.131. The standard InChI is InChI=1S/C23H40N4O9/c1-9-11-35-21(32)24-12-15(26-22(33)36-23(5,6)7)19(30)25-14(4)18(29)27-16(13(3)10-2)17(28)20(31)34-8/h9,13-17,28H,1,10-12H2,2-8H3,(H,24,32)(H,25,30)(H,26,33)(H,27,29)/t13-,14-,15-,16-,17?/m0/s1. The Morgan fingerprint density at radius 1 is 1.00 bits per heavy atom. The number of ether oxygens (including phenoxy) is 3. The fourth-order valence-electron chi connectivity index (χ4n) is 2.75. The van der Waals surface area contributed by atoms with Gasteiger partial charge in [-0.2, -0.15) is 0 Å². The predicted octanol–water partition coefficient (Wildman–Crippen LogP) is 0.361. The number of methoxy groups -OCH3 is 1. The Hall–Kier alpha value is -3.35. The van der Waals surface area contributed by atoms with Crippen molar-refractivity contribution in [1.29, 1.82) is 0 Å². The smallest absolute Gasteiger partial charge is 0.408 e. The van der Waals surface area contributed by atoms with Crippen LogP contribution < -0.4 is 21.3 Å². The number of amides is 4. The van der Waals surface area contributed by atoms with Crippen LogP contribution in [0.2, 0.25) is 0 Å². The van der Waals surface area contributed by atoms with Gasteiger partial charge in [0.05, 0.1) is 19.7 Å². The number of alkyl carbamates (subject to hydrolysis) is 2. The molecule has 0 aromatic rings. The number of carbonyl (C=O) groups excluding carboxylic acids is 5. The minimum absolute atomic E-state index is 0.0613. The summed E-state index contributed by atoms with van der Waals surface area (Å²) in [5.41, 5.74) is -0.847. The second-order valence-corrected chi connectivity index (χ2v) is 9.09.